The van der Waals surface area contributed by atoms with Crippen molar-refractivity contribution in [3.8, 4) is 6.07 Å². The molecule has 33 heavy (non-hydrogen) atoms. The number of carbonyl (C=O) groups excluding carboxylic acids is 2. The number of benzene rings is 3. The third kappa shape index (κ3) is 4.73. The zero-order chi connectivity index (χ0) is 23.4. The second-order valence-corrected chi connectivity index (χ2v) is 7.83. The highest BCUT2D eigenvalue weighted by Crippen LogP contribution is 2.30. The maximum atomic E-state index is 12.8. The number of nitrogens with one attached hydrogen (secondary N) is 2. The van der Waals surface area contributed by atoms with Crippen molar-refractivity contribution in [3.63, 3.8) is 0 Å². The molecule has 0 aromatic heterocycles. The molecule has 0 bridgehead atoms. The first-order valence-electron chi connectivity index (χ1n) is 10.5. The van der Waals surface area contributed by atoms with Crippen LogP contribution in [0.1, 0.15) is 38.2 Å². The fourth-order valence-corrected chi connectivity index (χ4v) is 3.49. The molecule has 0 unspecified atom stereocenters. The minimum absolute atomic E-state index is 0.103. The summed E-state index contributed by atoms with van der Waals surface area (Å²) in [5.74, 6) is -0.518. The molecule has 1 aliphatic rings. The summed E-state index contributed by atoms with van der Waals surface area (Å²) < 4.78 is 0. The van der Waals surface area contributed by atoms with Gasteiger partial charge in [0.25, 0.3) is 11.8 Å². The molecule has 0 radical (unpaired) electrons. The van der Waals surface area contributed by atoms with Crippen LogP contribution in [0.25, 0.3) is 5.70 Å². The van der Waals surface area contributed by atoms with E-state index in [1.807, 2.05) is 62.4 Å². The van der Waals surface area contributed by atoms with Gasteiger partial charge in [0.1, 0.15) is 17.5 Å². The molecule has 0 saturated heterocycles. The van der Waals surface area contributed by atoms with E-state index in [1.54, 1.807) is 30.3 Å². The van der Waals surface area contributed by atoms with Gasteiger partial charge in [0.2, 0.25) is 0 Å². The van der Waals surface area contributed by atoms with E-state index >= 15 is 0 Å². The van der Waals surface area contributed by atoms with E-state index in [0.717, 1.165) is 16.7 Å². The van der Waals surface area contributed by atoms with Crippen LogP contribution in [0.2, 0.25) is 0 Å². The fourth-order valence-electron chi connectivity index (χ4n) is 3.49. The van der Waals surface area contributed by atoms with Gasteiger partial charge in [0, 0.05) is 23.2 Å². The molecule has 6 heteroatoms. The van der Waals surface area contributed by atoms with E-state index in [1.165, 1.54) is 0 Å². The van der Waals surface area contributed by atoms with E-state index in [2.05, 4.69) is 15.6 Å². The number of rotatable bonds is 4. The molecule has 0 saturated carbocycles. The molecular weight excluding hydrogens is 412 g/mol. The number of amides is 2. The largest absolute Gasteiger partial charge is 0.347 e. The molecule has 0 aliphatic carbocycles. The Morgan fingerprint density at radius 1 is 0.879 bits per heavy atom. The average molecular weight is 434 g/mol. The van der Waals surface area contributed by atoms with Crippen LogP contribution < -0.4 is 10.6 Å². The van der Waals surface area contributed by atoms with Crippen LogP contribution in [0.3, 0.4) is 0 Å². The Hall–Kier alpha value is -4.50. The van der Waals surface area contributed by atoms with Crippen LogP contribution >= 0.6 is 0 Å². The lowest BCUT2D eigenvalue weighted by atomic mass is 10.0. The first kappa shape index (κ1) is 21.7. The van der Waals surface area contributed by atoms with E-state index in [9.17, 15) is 14.9 Å². The Kier molecular flexibility index (Phi) is 6.14. The highest BCUT2D eigenvalue weighted by Gasteiger charge is 2.27. The lowest BCUT2D eigenvalue weighted by Crippen LogP contribution is -2.30. The number of amidine groups is 1. The number of nitrogens with zero attached hydrogens (tertiary/aromatic N) is 2. The Morgan fingerprint density at radius 3 is 2.12 bits per heavy atom. The zero-order valence-electron chi connectivity index (χ0n) is 18.3. The third-order valence-electron chi connectivity index (χ3n) is 5.36. The number of aliphatic imine (C=N–C) groups is 1. The van der Waals surface area contributed by atoms with Crippen molar-refractivity contribution in [1.82, 2.24) is 10.6 Å². The number of carbonyl (C=O) groups is 2. The predicted molar refractivity (Wildman–Crippen MR) is 127 cm³/mol. The Morgan fingerprint density at radius 2 is 1.48 bits per heavy atom. The van der Waals surface area contributed by atoms with Crippen molar-refractivity contribution in [2.24, 2.45) is 4.99 Å². The highest BCUT2D eigenvalue weighted by molar-refractivity contribution is 6.20. The summed E-state index contributed by atoms with van der Waals surface area (Å²) in [5, 5.41) is 15.4. The van der Waals surface area contributed by atoms with Crippen molar-refractivity contribution in [2.45, 2.75) is 20.4 Å². The van der Waals surface area contributed by atoms with Gasteiger partial charge in [-0.1, -0.05) is 71.8 Å². The van der Waals surface area contributed by atoms with Gasteiger partial charge >= 0.3 is 0 Å². The van der Waals surface area contributed by atoms with Crippen molar-refractivity contribution in [2.75, 3.05) is 0 Å². The second-order valence-electron chi connectivity index (χ2n) is 7.83. The molecule has 2 amide bonds. The summed E-state index contributed by atoms with van der Waals surface area (Å²) in [7, 11) is 0. The summed E-state index contributed by atoms with van der Waals surface area (Å²) in [6, 6.07) is 24.2. The lowest BCUT2D eigenvalue weighted by molar-refractivity contribution is -0.117. The molecule has 1 aliphatic heterocycles. The van der Waals surface area contributed by atoms with Gasteiger partial charge < -0.3 is 10.6 Å². The minimum atomic E-state index is -0.516. The molecule has 0 atom stereocenters. The highest BCUT2D eigenvalue weighted by atomic mass is 16.2. The first-order valence-corrected chi connectivity index (χ1v) is 10.5. The van der Waals surface area contributed by atoms with Gasteiger partial charge in [-0.15, -0.1) is 0 Å². The molecule has 1 heterocycles. The molecular formula is C27H22N4O2. The van der Waals surface area contributed by atoms with Gasteiger partial charge in [-0.05, 0) is 31.5 Å². The van der Waals surface area contributed by atoms with E-state index < -0.39 is 5.91 Å². The summed E-state index contributed by atoms with van der Waals surface area (Å²) in [6.45, 7) is 4.23. The van der Waals surface area contributed by atoms with Gasteiger partial charge in [-0.25, -0.2) is 4.99 Å². The first-order chi connectivity index (χ1) is 16.0. The maximum Gasteiger partial charge on any atom is 0.264 e. The van der Waals surface area contributed by atoms with Gasteiger partial charge in [-0.3, -0.25) is 9.59 Å². The van der Waals surface area contributed by atoms with Crippen molar-refractivity contribution >= 4 is 23.3 Å². The van der Waals surface area contributed by atoms with E-state index in [0.29, 0.717) is 29.1 Å². The number of aryl methyl sites for hydroxylation is 2. The van der Waals surface area contributed by atoms with Gasteiger partial charge in [0.15, 0.2) is 0 Å². The molecule has 162 valence electrons. The smallest absolute Gasteiger partial charge is 0.264 e. The Balaban J connectivity index is 1.61. The normalized spacial score (nSPS) is 13.4. The van der Waals surface area contributed by atoms with E-state index in [4.69, 9.17) is 0 Å². The van der Waals surface area contributed by atoms with Gasteiger partial charge in [0.05, 0.1) is 5.70 Å². The Bertz CT molecular complexity index is 1330. The van der Waals surface area contributed by atoms with Crippen LogP contribution in [0, 0.1) is 25.2 Å². The molecule has 0 spiro atoms. The third-order valence-corrected chi connectivity index (χ3v) is 5.36. The molecule has 2 N–H and O–H groups in total. The molecule has 4 rings (SSSR count). The van der Waals surface area contributed by atoms with Crippen molar-refractivity contribution in [3.05, 3.63) is 112 Å². The zero-order valence-corrected chi connectivity index (χ0v) is 18.3. The molecule has 6 nitrogen and oxygen atoms in total. The monoisotopic (exact) mass is 434 g/mol. The number of hydrogen-bond acceptors (Lipinski definition) is 4. The van der Waals surface area contributed by atoms with Crippen LogP contribution in [-0.4, -0.2) is 17.6 Å². The van der Waals surface area contributed by atoms with Crippen LogP contribution in [0.4, 0.5) is 0 Å². The summed E-state index contributed by atoms with van der Waals surface area (Å²) in [6.07, 6.45) is 0. The van der Waals surface area contributed by atoms with Crippen LogP contribution in [0.5, 0.6) is 0 Å². The van der Waals surface area contributed by atoms with E-state index in [-0.39, 0.29) is 17.2 Å². The van der Waals surface area contributed by atoms with Crippen LogP contribution in [-0.2, 0) is 11.3 Å². The topological polar surface area (TPSA) is 94.3 Å². The fraction of sp³-hybridized carbons (Fsp3) is 0.111. The summed E-state index contributed by atoms with van der Waals surface area (Å²) >= 11 is 0. The molecule has 0 fully saturated rings. The lowest BCUT2D eigenvalue weighted by Gasteiger charge is -2.07. The van der Waals surface area contributed by atoms with Gasteiger partial charge in [-0.2, -0.15) is 5.26 Å². The van der Waals surface area contributed by atoms with Crippen LogP contribution in [0.15, 0.2) is 83.4 Å². The minimum Gasteiger partial charge on any atom is -0.347 e. The second kappa shape index (κ2) is 9.33. The molecule has 3 aromatic carbocycles. The summed E-state index contributed by atoms with van der Waals surface area (Å²) in [5.41, 5.74) is 5.03. The van der Waals surface area contributed by atoms with Crippen molar-refractivity contribution in [1.29, 1.82) is 5.26 Å². The average Bonchev–Trinajstić information content (AvgIpc) is 3.18. The SMILES string of the molecule is Cc1ccc(CNC(=O)/C(C#N)=C2\N=C(NC(=O)c3ccc(C)cc3)c3ccccc32)cc1. The van der Waals surface area contributed by atoms with Crippen molar-refractivity contribution < 1.29 is 9.59 Å². The quantitative estimate of drug-likeness (QED) is 0.479. The predicted octanol–water partition coefficient (Wildman–Crippen LogP) is 4.04. The standard InChI is InChI=1S/C27H22N4O2/c1-17-7-11-19(12-8-17)16-29-27(33)23(15-28)24-21-5-3-4-6-22(21)25(30-24)31-26(32)20-13-9-18(2)10-14-20/h3-14H,16H2,1-2H3,(H,29,33)(H,30,31,32)/b24-23-. The summed E-state index contributed by atoms with van der Waals surface area (Å²) in [4.78, 5) is 30.1. The number of nitriles is 1. The Labute approximate surface area is 192 Å². The maximum absolute atomic E-state index is 12.8. The number of hydrogen-bond donors (Lipinski definition) is 2. The molecule has 3 aromatic rings. The number of fused-ring (bicyclic) bond motifs is 1.